The number of hydrogen-bond donors (Lipinski definition) is 2. The number of ether oxygens (including phenoxy) is 3. The van der Waals surface area contributed by atoms with Crippen molar-refractivity contribution >= 4 is 41.1 Å². The Balaban J connectivity index is 1.74. The number of thioether (sulfide) groups is 1. The lowest BCUT2D eigenvalue weighted by molar-refractivity contribution is -0.144. The van der Waals surface area contributed by atoms with Gasteiger partial charge in [0.25, 0.3) is 5.91 Å². The second kappa shape index (κ2) is 11.2. The Morgan fingerprint density at radius 1 is 1.21 bits per heavy atom. The fourth-order valence-corrected chi connectivity index (χ4v) is 5.73. The van der Waals surface area contributed by atoms with E-state index in [1.54, 1.807) is 30.1 Å². The van der Waals surface area contributed by atoms with Crippen molar-refractivity contribution in [3.63, 3.8) is 0 Å². The lowest BCUT2D eigenvalue weighted by Gasteiger charge is -2.39. The number of nitrogens with one attached hydrogen (secondary N) is 2. The number of methoxy groups -OCH3 is 1. The molecule has 2 aromatic carbocycles. The van der Waals surface area contributed by atoms with Crippen LogP contribution in [-0.4, -0.2) is 49.0 Å². The van der Waals surface area contributed by atoms with Gasteiger partial charge in [0.2, 0.25) is 0 Å². The fraction of sp³-hybridized carbons (Fsp3) is 0.414. The van der Waals surface area contributed by atoms with Gasteiger partial charge in [-0.3, -0.25) is 9.59 Å². The summed E-state index contributed by atoms with van der Waals surface area (Å²) in [6, 6.07) is 8.83. The predicted octanol–water partition coefficient (Wildman–Crippen LogP) is 5.48. The van der Waals surface area contributed by atoms with Gasteiger partial charge in [0.05, 0.1) is 18.5 Å². The molecular formula is C29H35N3O6S. The molecule has 1 unspecified atom stereocenters. The molecule has 0 saturated carbocycles. The summed E-state index contributed by atoms with van der Waals surface area (Å²) in [4.78, 5) is 41.0. The second-order valence-corrected chi connectivity index (χ2v) is 11.9. The van der Waals surface area contributed by atoms with Gasteiger partial charge in [-0.25, -0.2) is 4.79 Å². The molecule has 2 aromatic rings. The van der Waals surface area contributed by atoms with E-state index in [4.69, 9.17) is 14.2 Å². The molecule has 0 bridgehead atoms. The number of likely N-dealkylation sites (N-methyl/N-ethyl adjacent to an activating group) is 1. The number of amides is 2. The topological polar surface area (TPSA) is 106 Å². The first-order chi connectivity index (χ1) is 18.4. The van der Waals surface area contributed by atoms with Crippen molar-refractivity contribution in [2.75, 3.05) is 24.4 Å². The van der Waals surface area contributed by atoms with Crippen molar-refractivity contribution in [1.29, 1.82) is 0 Å². The van der Waals surface area contributed by atoms with Crippen LogP contribution in [0.4, 0.5) is 16.2 Å². The Hall–Kier alpha value is -3.66. The number of carbonyl (C=O) groups is 3. The van der Waals surface area contributed by atoms with Crippen molar-refractivity contribution < 1.29 is 28.6 Å². The van der Waals surface area contributed by atoms with Crippen LogP contribution < -0.4 is 25.0 Å². The monoisotopic (exact) mass is 553 g/mol. The number of benzene rings is 2. The zero-order valence-corrected chi connectivity index (χ0v) is 24.2. The normalized spacial score (nSPS) is 17.7. The Morgan fingerprint density at radius 3 is 2.56 bits per heavy atom. The molecule has 4 rings (SSSR count). The smallest absolute Gasteiger partial charge is 0.412 e. The molecule has 10 heteroatoms. The number of carbonyl (C=O) groups excluding carboxylic acids is 3. The van der Waals surface area contributed by atoms with Crippen molar-refractivity contribution in [2.45, 2.75) is 64.5 Å². The van der Waals surface area contributed by atoms with Gasteiger partial charge in [0, 0.05) is 30.3 Å². The molecule has 2 aliphatic rings. The molecular weight excluding hydrogens is 518 g/mol. The van der Waals surface area contributed by atoms with Gasteiger partial charge in [0.1, 0.15) is 28.9 Å². The van der Waals surface area contributed by atoms with Gasteiger partial charge < -0.3 is 29.7 Å². The molecule has 0 aliphatic carbocycles. The lowest BCUT2D eigenvalue weighted by Crippen LogP contribution is -2.52. The maximum absolute atomic E-state index is 13.2. The van der Waals surface area contributed by atoms with Crippen LogP contribution in [0.5, 0.6) is 11.5 Å². The highest BCUT2D eigenvalue weighted by atomic mass is 32.2. The van der Waals surface area contributed by atoms with E-state index in [2.05, 4.69) is 10.6 Å². The van der Waals surface area contributed by atoms with Crippen LogP contribution in [0.2, 0.25) is 0 Å². The number of nitrogens with zero attached hydrogens (tertiary/aromatic N) is 1. The summed E-state index contributed by atoms with van der Waals surface area (Å²) in [6.07, 6.45) is 2.09. The maximum atomic E-state index is 13.2. The molecule has 2 N–H and O–H groups in total. The number of rotatable bonds is 7. The Morgan fingerprint density at radius 2 is 1.92 bits per heavy atom. The van der Waals surface area contributed by atoms with Crippen LogP contribution in [0.3, 0.4) is 0 Å². The highest BCUT2D eigenvalue weighted by molar-refractivity contribution is 8.04. The summed E-state index contributed by atoms with van der Waals surface area (Å²) < 4.78 is 16.9. The van der Waals surface area contributed by atoms with Gasteiger partial charge in [-0.05, 0) is 69.7 Å². The first-order valence-corrected chi connectivity index (χ1v) is 13.7. The quantitative estimate of drug-likeness (QED) is 0.435. The molecule has 0 aromatic heterocycles. The minimum atomic E-state index is -0.797. The van der Waals surface area contributed by atoms with E-state index >= 15 is 0 Å². The third-order valence-electron chi connectivity index (χ3n) is 6.55. The summed E-state index contributed by atoms with van der Waals surface area (Å²) in [5.41, 5.74) is 2.68. The van der Waals surface area contributed by atoms with Crippen molar-refractivity contribution in [2.24, 2.45) is 0 Å². The number of fused-ring (bicyclic) bond motifs is 1. The van der Waals surface area contributed by atoms with E-state index in [1.165, 1.54) is 18.9 Å². The lowest BCUT2D eigenvalue weighted by atomic mass is 9.91. The number of anilines is 2. The van der Waals surface area contributed by atoms with Crippen LogP contribution >= 0.6 is 11.8 Å². The van der Waals surface area contributed by atoms with Gasteiger partial charge in [0.15, 0.2) is 0 Å². The minimum Gasteiger partial charge on any atom is -0.496 e. The highest BCUT2D eigenvalue weighted by Gasteiger charge is 2.39. The zero-order chi connectivity index (χ0) is 28.5. The maximum Gasteiger partial charge on any atom is 0.412 e. The molecule has 9 nitrogen and oxygen atoms in total. The summed E-state index contributed by atoms with van der Waals surface area (Å²) in [6.45, 7) is 9.28. The van der Waals surface area contributed by atoms with Crippen molar-refractivity contribution in [3.05, 3.63) is 46.9 Å². The predicted molar refractivity (Wildman–Crippen MR) is 153 cm³/mol. The molecule has 39 heavy (non-hydrogen) atoms. The zero-order valence-electron chi connectivity index (χ0n) is 23.3. The molecule has 0 radical (unpaired) electrons. The average molecular weight is 554 g/mol. The molecule has 2 amide bonds. The molecule has 0 saturated heterocycles. The molecule has 2 aliphatic heterocycles. The largest absolute Gasteiger partial charge is 0.496 e. The third-order valence-corrected chi connectivity index (χ3v) is 7.76. The second-order valence-electron chi connectivity index (χ2n) is 10.4. The SMILES string of the molecule is COc1cc(OC(=O)NC(C)C)ccc1-c1ccc2c(c1COC(=O)C1CC=C(C)S1)N(C)C(=O)C(C)(C)N2. The van der Waals surface area contributed by atoms with Crippen LogP contribution in [0.15, 0.2) is 41.3 Å². The van der Waals surface area contributed by atoms with E-state index in [9.17, 15) is 14.4 Å². The minimum absolute atomic E-state index is 0.0363. The average Bonchev–Trinajstić information content (AvgIpc) is 3.31. The van der Waals surface area contributed by atoms with Crippen LogP contribution in [0.1, 0.15) is 46.6 Å². The summed E-state index contributed by atoms with van der Waals surface area (Å²) in [5.74, 6) is 0.359. The van der Waals surface area contributed by atoms with E-state index in [0.29, 0.717) is 34.7 Å². The summed E-state index contributed by atoms with van der Waals surface area (Å²) >= 11 is 1.50. The van der Waals surface area contributed by atoms with Gasteiger partial charge in [-0.2, -0.15) is 0 Å². The van der Waals surface area contributed by atoms with E-state index in [0.717, 1.165) is 16.2 Å². The first kappa shape index (κ1) is 28.4. The van der Waals surface area contributed by atoms with Crippen LogP contribution in [0, 0.1) is 0 Å². The Labute approximate surface area is 233 Å². The van der Waals surface area contributed by atoms with E-state index < -0.39 is 11.6 Å². The number of esters is 1. The molecule has 1 atom stereocenters. The van der Waals surface area contributed by atoms with E-state index in [-0.39, 0.29) is 29.8 Å². The third kappa shape index (κ3) is 6.00. The number of allylic oxidation sites excluding steroid dienone is 2. The van der Waals surface area contributed by atoms with Crippen molar-refractivity contribution in [3.8, 4) is 22.6 Å². The molecule has 208 valence electrons. The summed E-state index contributed by atoms with van der Waals surface area (Å²) in [5, 5.41) is 5.72. The van der Waals surface area contributed by atoms with Gasteiger partial charge >= 0.3 is 12.1 Å². The van der Waals surface area contributed by atoms with Crippen molar-refractivity contribution in [1.82, 2.24) is 5.32 Å². The number of hydrogen-bond acceptors (Lipinski definition) is 8. The Kier molecular flexibility index (Phi) is 8.15. The van der Waals surface area contributed by atoms with Crippen LogP contribution in [0.25, 0.3) is 11.1 Å². The first-order valence-electron chi connectivity index (χ1n) is 12.8. The molecule has 0 spiro atoms. The standard InChI is InChI=1S/C29H35N3O6S/c1-16(2)30-28(35)38-18-9-10-20(23(14-18)36-7)19-11-12-22-25(32(6)27(34)29(4,5)31-22)21(19)15-37-26(33)24-13-8-17(3)39-24/h8-12,14,16,24,31H,13,15H2,1-7H3,(H,30,35). The molecule has 2 heterocycles. The summed E-state index contributed by atoms with van der Waals surface area (Å²) in [7, 11) is 3.25. The van der Waals surface area contributed by atoms with Gasteiger partial charge in [-0.15, -0.1) is 11.8 Å². The van der Waals surface area contributed by atoms with E-state index in [1.807, 2.05) is 52.8 Å². The molecule has 0 fully saturated rings. The highest BCUT2D eigenvalue weighted by Crippen LogP contribution is 2.45. The van der Waals surface area contributed by atoms with Gasteiger partial charge in [-0.1, -0.05) is 12.1 Å². The Bertz CT molecular complexity index is 1340. The fourth-order valence-electron chi connectivity index (χ4n) is 4.73. The van der Waals surface area contributed by atoms with Crippen LogP contribution in [-0.2, 0) is 20.9 Å².